The van der Waals surface area contributed by atoms with Crippen LogP contribution in [-0.4, -0.2) is 21.2 Å². The lowest BCUT2D eigenvalue weighted by atomic mass is 10.2. The van der Waals surface area contributed by atoms with Gasteiger partial charge >= 0.3 is 0 Å². The third-order valence-electron chi connectivity index (χ3n) is 4.60. The Balaban J connectivity index is 1.54. The minimum Gasteiger partial charge on any atom is -0.326 e. The Morgan fingerprint density at radius 2 is 2.29 bits per heavy atom. The van der Waals surface area contributed by atoms with Crippen molar-refractivity contribution in [2.45, 2.75) is 43.8 Å². The van der Waals surface area contributed by atoms with E-state index in [4.69, 9.17) is 0 Å². The first-order chi connectivity index (χ1) is 11.6. The number of hydrogen-bond donors (Lipinski definition) is 1. The average Bonchev–Trinajstić information content (AvgIpc) is 3.15. The number of amides is 1. The summed E-state index contributed by atoms with van der Waals surface area (Å²) in [7, 11) is 0. The number of aromatic nitrogens is 2. The predicted molar refractivity (Wildman–Crippen MR) is 94.7 cm³/mol. The number of thioether (sulfide) groups is 1. The number of fused-ring (bicyclic) bond motifs is 2. The quantitative estimate of drug-likeness (QED) is 0.872. The molecule has 1 N–H and O–H groups in total. The molecule has 0 saturated carbocycles. The Morgan fingerprint density at radius 1 is 1.42 bits per heavy atom. The zero-order chi connectivity index (χ0) is 16.7. The van der Waals surface area contributed by atoms with Crippen molar-refractivity contribution in [1.29, 1.82) is 0 Å². The molecule has 6 heteroatoms. The van der Waals surface area contributed by atoms with Crippen molar-refractivity contribution < 1.29 is 4.79 Å². The maximum Gasteiger partial charge on any atom is 0.257 e. The second-order valence-corrected chi connectivity index (χ2v) is 7.42. The van der Waals surface area contributed by atoms with Crippen LogP contribution in [0.2, 0.25) is 0 Å². The average molecular weight is 341 g/mol. The van der Waals surface area contributed by atoms with E-state index in [1.807, 2.05) is 31.2 Å². The summed E-state index contributed by atoms with van der Waals surface area (Å²) < 4.78 is 1.74. The Bertz CT molecular complexity index is 875. The third-order valence-corrected chi connectivity index (χ3v) is 5.69. The topological polar surface area (TPSA) is 64.0 Å². The molecule has 1 amide bonds. The molecule has 1 aliphatic heterocycles. The van der Waals surface area contributed by atoms with Gasteiger partial charge in [0.1, 0.15) is 0 Å². The standard InChI is InChI=1S/C18H19N3O2S/c1-11-4-2-5-12(8-11)19-16(22)9-13-10-24-18-20-15-7-3-6-14(15)17(23)21(13)18/h2,4-5,8,13H,3,6-7,9-10H2,1H3,(H,19,22). The highest BCUT2D eigenvalue weighted by Gasteiger charge is 2.31. The number of anilines is 1. The van der Waals surface area contributed by atoms with Gasteiger partial charge < -0.3 is 5.32 Å². The number of benzene rings is 1. The molecule has 1 atom stereocenters. The van der Waals surface area contributed by atoms with Gasteiger partial charge in [0.15, 0.2) is 5.16 Å². The number of carbonyl (C=O) groups excluding carboxylic acids is 1. The first kappa shape index (κ1) is 15.4. The van der Waals surface area contributed by atoms with Gasteiger partial charge in [0.05, 0.1) is 11.7 Å². The summed E-state index contributed by atoms with van der Waals surface area (Å²) in [6, 6.07) is 7.62. The molecule has 2 aromatic rings. The third kappa shape index (κ3) is 2.75. The molecule has 0 fully saturated rings. The fourth-order valence-corrected chi connectivity index (χ4v) is 4.61. The number of nitrogens with one attached hydrogen (secondary N) is 1. The summed E-state index contributed by atoms with van der Waals surface area (Å²) in [5.74, 6) is 0.665. The first-order valence-corrected chi connectivity index (χ1v) is 9.24. The molecule has 1 aromatic heterocycles. The lowest BCUT2D eigenvalue weighted by Gasteiger charge is -2.14. The van der Waals surface area contributed by atoms with E-state index in [9.17, 15) is 9.59 Å². The van der Waals surface area contributed by atoms with Crippen LogP contribution < -0.4 is 10.9 Å². The SMILES string of the molecule is Cc1cccc(NC(=O)CC2CSc3nc4c(c(=O)n32)CCC4)c1. The summed E-state index contributed by atoms with van der Waals surface area (Å²) in [4.78, 5) is 29.7. The Labute approximate surface area is 144 Å². The minimum absolute atomic E-state index is 0.0610. The van der Waals surface area contributed by atoms with Crippen molar-refractivity contribution in [1.82, 2.24) is 9.55 Å². The molecule has 24 heavy (non-hydrogen) atoms. The van der Waals surface area contributed by atoms with E-state index in [0.717, 1.165) is 52.7 Å². The molecule has 0 spiro atoms. The molecule has 2 heterocycles. The molecule has 1 aromatic carbocycles. The largest absolute Gasteiger partial charge is 0.326 e. The van der Waals surface area contributed by atoms with Gasteiger partial charge in [-0.15, -0.1) is 0 Å². The van der Waals surface area contributed by atoms with Crippen molar-refractivity contribution in [3.8, 4) is 0 Å². The molecule has 124 valence electrons. The summed E-state index contributed by atoms with van der Waals surface area (Å²) in [6.07, 6.45) is 3.02. The van der Waals surface area contributed by atoms with Crippen LogP contribution in [0.25, 0.3) is 0 Å². The molecule has 1 unspecified atom stereocenters. The van der Waals surface area contributed by atoms with E-state index in [1.165, 1.54) is 0 Å². The second-order valence-electron chi connectivity index (χ2n) is 6.43. The zero-order valence-electron chi connectivity index (χ0n) is 13.5. The van der Waals surface area contributed by atoms with E-state index >= 15 is 0 Å². The monoisotopic (exact) mass is 341 g/mol. The molecule has 0 saturated heterocycles. The number of carbonyl (C=O) groups is 1. The van der Waals surface area contributed by atoms with E-state index in [1.54, 1.807) is 16.3 Å². The van der Waals surface area contributed by atoms with Crippen LogP contribution in [0.15, 0.2) is 34.2 Å². The summed E-state index contributed by atoms with van der Waals surface area (Å²) in [5, 5.41) is 3.70. The highest BCUT2D eigenvalue weighted by molar-refractivity contribution is 7.99. The van der Waals surface area contributed by atoms with Gasteiger partial charge in [0.25, 0.3) is 5.56 Å². The molecular formula is C18H19N3O2S. The molecular weight excluding hydrogens is 322 g/mol. The molecule has 5 nitrogen and oxygen atoms in total. The number of nitrogens with zero attached hydrogens (tertiary/aromatic N) is 2. The van der Waals surface area contributed by atoms with E-state index in [0.29, 0.717) is 6.42 Å². The van der Waals surface area contributed by atoms with Gasteiger partial charge in [0, 0.05) is 23.4 Å². The fraction of sp³-hybridized carbons (Fsp3) is 0.389. The van der Waals surface area contributed by atoms with Crippen molar-refractivity contribution in [3.63, 3.8) is 0 Å². The highest BCUT2D eigenvalue weighted by atomic mass is 32.2. The first-order valence-electron chi connectivity index (χ1n) is 8.25. The van der Waals surface area contributed by atoms with Crippen molar-refractivity contribution in [2.75, 3.05) is 11.1 Å². The van der Waals surface area contributed by atoms with Gasteiger partial charge in [0.2, 0.25) is 5.91 Å². The van der Waals surface area contributed by atoms with E-state index in [2.05, 4.69) is 10.3 Å². The smallest absolute Gasteiger partial charge is 0.257 e. The van der Waals surface area contributed by atoms with Crippen LogP contribution in [0.4, 0.5) is 5.69 Å². The van der Waals surface area contributed by atoms with Gasteiger partial charge in [-0.3, -0.25) is 14.2 Å². The molecule has 0 radical (unpaired) electrons. The predicted octanol–water partition coefficient (Wildman–Crippen LogP) is 2.72. The maximum absolute atomic E-state index is 12.7. The lowest BCUT2D eigenvalue weighted by Crippen LogP contribution is -2.30. The molecule has 2 aliphatic rings. The van der Waals surface area contributed by atoms with Crippen LogP contribution in [-0.2, 0) is 17.6 Å². The summed E-state index contributed by atoms with van der Waals surface area (Å²) in [5.41, 5.74) is 3.77. The van der Waals surface area contributed by atoms with Crippen LogP contribution in [0, 0.1) is 6.92 Å². The lowest BCUT2D eigenvalue weighted by molar-refractivity contribution is -0.116. The van der Waals surface area contributed by atoms with Crippen molar-refractivity contribution in [3.05, 3.63) is 51.4 Å². The van der Waals surface area contributed by atoms with Crippen LogP contribution in [0.3, 0.4) is 0 Å². The zero-order valence-corrected chi connectivity index (χ0v) is 14.4. The summed E-state index contributed by atoms with van der Waals surface area (Å²) in [6.45, 7) is 1.99. The van der Waals surface area contributed by atoms with Crippen LogP contribution in [0.1, 0.15) is 35.7 Å². The Hall–Kier alpha value is -2.08. The van der Waals surface area contributed by atoms with Gasteiger partial charge in [-0.2, -0.15) is 0 Å². The molecule has 0 bridgehead atoms. The number of rotatable bonds is 3. The minimum atomic E-state index is -0.110. The van der Waals surface area contributed by atoms with Crippen LogP contribution >= 0.6 is 11.8 Å². The van der Waals surface area contributed by atoms with Gasteiger partial charge in [-0.05, 0) is 43.9 Å². The fourth-order valence-electron chi connectivity index (χ4n) is 3.45. The van der Waals surface area contributed by atoms with Gasteiger partial charge in [-0.1, -0.05) is 23.9 Å². The summed E-state index contributed by atoms with van der Waals surface area (Å²) >= 11 is 1.58. The maximum atomic E-state index is 12.7. The highest BCUT2D eigenvalue weighted by Crippen LogP contribution is 2.34. The van der Waals surface area contributed by atoms with E-state index in [-0.39, 0.29) is 17.5 Å². The van der Waals surface area contributed by atoms with Gasteiger partial charge in [-0.25, -0.2) is 4.98 Å². The van der Waals surface area contributed by atoms with Crippen LogP contribution in [0.5, 0.6) is 0 Å². The number of aryl methyl sites for hydroxylation is 2. The normalized spacial score (nSPS) is 18.3. The Kier molecular flexibility index (Phi) is 3.92. The van der Waals surface area contributed by atoms with Crippen molar-refractivity contribution in [2.24, 2.45) is 0 Å². The molecule has 1 aliphatic carbocycles. The second kappa shape index (κ2) is 6.09. The Morgan fingerprint density at radius 3 is 3.12 bits per heavy atom. The number of hydrogen-bond acceptors (Lipinski definition) is 4. The van der Waals surface area contributed by atoms with Crippen molar-refractivity contribution >= 4 is 23.4 Å². The molecule has 4 rings (SSSR count). The van der Waals surface area contributed by atoms with E-state index < -0.39 is 0 Å².